The molecule has 5 rings (SSSR count). The van der Waals surface area contributed by atoms with Crippen LogP contribution < -0.4 is 10.6 Å². The maximum absolute atomic E-state index is 4.66. The summed E-state index contributed by atoms with van der Waals surface area (Å²) in [6.45, 7) is 1.49. The van der Waals surface area contributed by atoms with Gasteiger partial charge in [-0.3, -0.25) is 9.36 Å². The van der Waals surface area contributed by atoms with Crippen LogP contribution >= 0.6 is 0 Å². The summed E-state index contributed by atoms with van der Waals surface area (Å²) in [5.74, 6) is 1.59. The van der Waals surface area contributed by atoms with Gasteiger partial charge in [0.1, 0.15) is 18.0 Å². The molecule has 3 heterocycles. The van der Waals surface area contributed by atoms with Crippen molar-refractivity contribution in [2.24, 2.45) is 14.1 Å². The van der Waals surface area contributed by atoms with Gasteiger partial charge in [-0.15, -0.1) is 0 Å². The molecule has 0 aliphatic rings. The van der Waals surface area contributed by atoms with Crippen LogP contribution in [-0.2, 0) is 26.9 Å². The van der Waals surface area contributed by atoms with Crippen LogP contribution in [0.5, 0.6) is 0 Å². The molecule has 162 valence electrons. The molecule has 2 N–H and O–H groups in total. The predicted octanol–water partition coefficient (Wildman–Crippen LogP) is 3.56. The molecule has 0 radical (unpaired) electrons. The van der Waals surface area contributed by atoms with Crippen LogP contribution in [0.2, 0.25) is 0 Å². The third-order valence-electron chi connectivity index (χ3n) is 5.67. The van der Waals surface area contributed by atoms with Gasteiger partial charge in [0.05, 0.1) is 22.4 Å². The summed E-state index contributed by atoms with van der Waals surface area (Å²) >= 11 is 0. The van der Waals surface area contributed by atoms with Crippen LogP contribution in [0.4, 0.5) is 11.6 Å². The van der Waals surface area contributed by atoms with Gasteiger partial charge < -0.3 is 10.6 Å². The van der Waals surface area contributed by atoms with E-state index in [1.807, 2.05) is 41.7 Å². The number of hydrogen-bond donors (Lipinski definition) is 2. The van der Waals surface area contributed by atoms with E-state index in [-0.39, 0.29) is 0 Å². The lowest BCUT2D eigenvalue weighted by molar-refractivity contribution is 0.764. The second kappa shape index (κ2) is 8.66. The minimum atomic E-state index is 0.747. The third-order valence-corrected chi connectivity index (χ3v) is 5.67. The van der Waals surface area contributed by atoms with Crippen LogP contribution in [0, 0.1) is 0 Å². The number of hydrogen-bond acceptors (Lipinski definition) is 6. The van der Waals surface area contributed by atoms with E-state index in [2.05, 4.69) is 67.2 Å². The molecule has 0 unspecified atom stereocenters. The van der Waals surface area contributed by atoms with E-state index < -0.39 is 0 Å². The molecular weight excluding hydrogens is 400 g/mol. The molecule has 0 saturated heterocycles. The Labute approximate surface area is 186 Å². The largest absolute Gasteiger partial charge is 0.370 e. The SMILES string of the molecule is Cn1nc(CCNc2cc(NCCc3nn(C)c4ccccc34)ncn2)c2ccccc21. The van der Waals surface area contributed by atoms with Crippen molar-refractivity contribution in [1.29, 1.82) is 0 Å². The average Bonchev–Trinajstić information content (AvgIpc) is 3.31. The van der Waals surface area contributed by atoms with E-state index in [1.54, 1.807) is 6.33 Å². The monoisotopic (exact) mass is 426 g/mol. The Morgan fingerprint density at radius 3 is 1.66 bits per heavy atom. The van der Waals surface area contributed by atoms with E-state index >= 15 is 0 Å². The summed E-state index contributed by atoms with van der Waals surface area (Å²) in [7, 11) is 3.96. The zero-order chi connectivity index (χ0) is 21.9. The second-order valence-electron chi connectivity index (χ2n) is 7.82. The molecule has 0 fully saturated rings. The van der Waals surface area contributed by atoms with Gasteiger partial charge in [0.2, 0.25) is 0 Å². The third kappa shape index (κ3) is 3.99. The molecule has 0 bridgehead atoms. The van der Waals surface area contributed by atoms with Crippen molar-refractivity contribution in [3.05, 3.63) is 72.3 Å². The lowest BCUT2D eigenvalue weighted by Gasteiger charge is -2.08. The maximum atomic E-state index is 4.66. The minimum Gasteiger partial charge on any atom is -0.370 e. The number of aromatic nitrogens is 6. The fourth-order valence-corrected chi connectivity index (χ4v) is 4.12. The fraction of sp³-hybridized carbons (Fsp3) is 0.250. The molecule has 3 aromatic heterocycles. The molecule has 8 nitrogen and oxygen atoms in total. The predicted molar refractivity (Wildman–Crippen MR) is 128 cm³/mol. The zero-order valence-electron chi connectivity index (χ0n) is 18.3. The highest BCUT2D eigenvalue weighted by atomic mass is 15.3. The Kier molecular flexibility index (Phi) is 5.41. The molecule has 0 aliphatic heterocycles. The molecule has 5 aromatic rings. The number of fused-ring (bicyclic) bond motifs is 2. The topological polar surface area (TPSA) is 85.5 Å². The van der Waals surface area contributed by atoms with Gasteiger partial charge in [-0.05, 0) is 12.1 Å². The molecule has 0 saturated carbocycles. The minimum absolute atomic E-state index is 0.747. The summed E-state index contributed by atoms with van der Waals surface area (Å²) in [5.41, 5.74) is 4.48. The summed E-state index contributed by atoms with van der Waals surface area (Å²) in [4.78, 5) is 8.69. The van der Waals surface area contributed by atoms with Crippen molar-refractivity contribution in [3.63, 3.8) is 0 Å². The van der Waals surface area contributed by atoms with Crippen molar-refractivity contribution in [1.82, 2.24) is 29.5 Å². The number of para-hydroxylation sites is 2. The highest BCUT2D eigenvalue weighted by Crippen LogP contribution is 2.19. The number of aryl methyl sites for hydroxylation is 2. The number of benzene rings is 2. The van der Waals surface area contributed by atoms with Gasteiger partial charge in [0.15, 0.2) is 0 Å². The molecule has 32 heavy (non-hydrogen) atoms. The molecule has 8 heteroatoms. The Balaban J connectivity index is 1.17. The van der Waals surface area contributed by atoms with E-state index in [1.165, 1.54) is 10.8 Å². The molecular formula is C24H26N8. The quantitative estimate of drug-likeness (QED) is 0.395. The maximum Gasteiger partial charge on any atom is 0.131 e. The lowest BCUT2D eigenvalue weighted by atomic mass is 10.1. The van der Waals surface area contributed by atoms with Crippen LogP contribution in [0.25, 0.3) is 21.8 Å². The van der Waals surface area contributed by atoms with E-state index in [9.17, 15) is 0 Å². The molecule has 0 atom stereocenters. The number of nitrogens with zero attached hydrogens (tertiary/aromatic N) is 6. The smallest absolute Gasteiger partial charge is 0.131 e. The van der Waals surface area contributed by atoms with Gasteiger partial charge in [-0.25, -0.2) is 9.97 Å². The first-order valence-electron chi connectivity index (χ1n) is 10.8. The first-order valence-corrected chi connectivity index (χ1v) is 10.8. The van der Waals surface area contributed by atoms with Crippen molar-refractivity contribution in [3.8, 4) is 0 Å². The van der Waals surface area contributed by atoms with E-state index in [4.69, 9.17) is 0 Å². The lowest BCUT2D eigenvalue weighted by Crippen LogP contribution is -2.10. The number of anilines is 2. The number of rotatable bonds is 8. The van der Waals surface area contributed by atoms with Crippen molar-refractivity contribution in [2.75, 3.05) is 23.7 Å². The van der Waals surface area contributed by atoms with Crippen molar-refractivity contribution in [2.45, 2.75) is 12.8 Å². The highest BCUT2D eigenvalue weighted by Gasteiger charge is 2.09. The Hall–Kier alpha value is -3.94. The van der Waals surface area contributed by atoms with Crippen molar-refractivity contribution < 1.29 is 0 Å². The summed E-state index contributed by atoms with van der Waals surface area (Å²) in [5, 5.41) is 18.5. The first kappa shape index (κ1) is 20.0. The zero-order valence-corrected chi connectivity index (χ0v) is 18.3. The van der Waals surface area contributed by atoms with Crippen LogP contribution in [0.3, 0.4) is 0 Å². The van der Waals surface area contributed by atoms with Crippen LogP contribution in [0.1, 0.15) is 11.4 Å². The summed E-state index contributed by atoms with van der Waals surface area (Å²) in [6, 6.07) is 18.5. The van der Waals surface area contributed by atoms with Crippen LogP contribution in [-0.4, -0.2) is 42.6 Å². The molecule has 0 amide bonds. The Bertz CT molecular complexity index is 1270. The standard InChI is InChI=1S/C24H26N8/c1-31-21-9-5-3-7-17(21)19(29-31)11-13-25-23-15-24(28-16-27-23)26-14-12-20-18-8-4-6-10-22(18)32(2)30-20/h3-10,15-16H,11-14H2,1-2H3,(H2,25,26,27,28). The molecule has 0 aliphatic carbocycles. The average molecular weight is 427 g/mol. The van der Waals surface area contributed by atoms with E-state index in [0.717, 1.165) is 60.0 Å². The first-order chi connectivity index (χ1) is 15.7. The second-order valence-corrected chi connectivity index (χ2v) is 7.82. The van der Waals surface area contributed by atoms with Gasteiger partial charge in [0.25, 0.3) is 0 Å². The molecule has 0 spiro atoms. The van der Waals surface area contributed by atoms with Gasteiger partial charge in [0, 0.05) is 56.9 Å². The van der Waals surface area contributed by atoms with E-state index in [0.29, 0.717) is 0 Å². The normalized spacial score (nSPS) is 11.3. The summed E-state index contributed by atoms with van der Waals surface area (Å²) in [6.07, 6.45) is 3.22. The van der Waals surface area contributed by atoms with Crippen molar-refractivity contribution >= 4 is 33.4 Å². The number of nitrogens with one attached hydrogen (secondary N) is 2. The highest BCUT2D eigenvalue weighted by molar-refractivity contribution is 5.82. The van der Waals surface area contributed by atoms with Gasteiger partial charge in [-0.2, -0.15) is 10.2 Å². The van der Waals surface area contributed by atoms with Gasteiger partial charge in [-0.1, -0.05) is 36.4 Å². The van der Waals surface area contributed by atoms with Gasteiger partial charge >= 0.3 is 0 Å². The summed E-state index contributed by atoms with van der Waals surface area (Å²) < 4.78 is 3.87. The Morgan fingerprint density at radius 2 is 1.16 bits per heavy atom. The Morgan fingerprint density at radius 1 is 0.688 bits per heavy atom. The van der Waals surface area contributed by atoms with Crippen LogP contribution in [0.15, 0.2) is 60.9 Å². The molecule has 2 aromatic carbocycles. The fourth-order valence-electron chi connectivity index (χ4n) is 4.12.